The Morgan fingerprint density at radius 2 is 2.20 bits per heavy atom. The lowest BCUT2D eigenvalue weighted by molar-refractivity contribution is 0.180. The van der Waals surface area contributed by atoms with Crippen molar-refractivity contribution in [2.24, 2.45) is 4.99 Å². The molecule has 3 nitrogen and oxygen atoms in total. The summed E-state index contributed by atoms with van der Waals surface area (Å²) in [6.45, 7) is 5.58. The second kappa shape index (κ2) is 6.39. The lowest BCUT2D eigenvalue weighted by atomic mass is 10.4. The van der Waals surface area contributed by atoms with E-state index in [1.807, 2.05) is 13.8 Å². The maximum absolute atomic E-state index is 4.95. The van der Waals surface area contributed by atoms with Gasteiger partial charge in [-0.2, -0.15) is 0 Å². The highest BCUT2D eigenvalue weighted by Gasteiger charge is 2.02. The van der Waals surface area contributed by atoms with Gasteiger partial charge in [-0.05, 0) is 0 Å². The fraction of sp³-hybridized carbons (Fsp3) is 0.857. The fourth-order valence-electron chi connectivity index (χ4n) is 0.563. The van der Waals surface area contributed by atoms with Crippen LogP contribution >= 0.6 is 0 Å². The van der Waals surface area contributed by atoms with Crippen molar-refractivity contribution < 1.29 is 9.47 Å². The molecule has 0 spiro atoms. The van der Waals surface area contributed by atoms with E-state index in [0.717, 1.165) is 19.6 Å². The third kappa shape index (κ3) is 3.33. The van der Waals surface area contributed by atoms with Crippen molar-refractivity contribution >= 4 is 6.08 Å². The van der Waals surface area contributed by atoms with Crippen molar-refractivity contribution in [2.75, 3.05) is 20.3 Å². The van der Waals surface area contributed by atoms with Gasteiger partial charge >= 0.3 is 6.08 Å². The molecule has 0 aromatic heterocycles. The number of hydrogen-bond donors (Lipinski definition) is 0. The summed E-state index contributed by atoms with van der Waals surface area (Å²) in [6.07, 6.45) is 1.43. The van der Waals surface area contributed by atoms with Crippen molar-refractivity contribution in [3.63, 3.8) is 0 Å². The standard InChI is InChI=1S/C5H9NO2.C2H6/c1-7-5-6-3-2-4-8-5;1-2/h2-4H2,1H3;1-2H3. The Labute approximate surface area is 62.1 Å². The molecule has 1 rings (SSSR count). The Morgan fingerprint density at radius 1 is 1.50 bits per heavy atom. The van der Waals surface area contributed by atoms with E-state index in [4.69, 9.17) is 9.47 Å². The Morgan fingerprint density at radius 3 is 2.50 bits per heavy atom. The molecular formula is C7H15NO2. The summed E-state index contributed by atoms with van der Waals surface area (Å²) in [5.41, 5.74) is 0. The van der Waals surface area contributed by atoms with Crippen LogP contribution in [-0.2, 0) is 9.47 Å². The van der Waals surface area contributed by atoms with Gasteiger partial charge in [0.2, 0.25) is 0 Å². The predicted octanol–water partition coefficient (Wildman–Crippen LogP) is 1.44. The molecule has 0 bridgehead atoms. The van der Waals surface area contributed by atoms with Crippen molar-refractivity contribution in [3.05, 3.63) is 0 Å². The zero-order valence-electron chi connectivity index (χ0n) is 6.89. The number of ether oxygens (including phenoxy) is 2. The van der Waals surface area contributed by atoms with Crippen molar-refractivity contribution in [3.8, 4) is 0 Å². The van der Waals surface area contributed by atoms with Gasteiger partial charge in [0.1, 0.15) is 0 Å². The average molecular weight is 145 g/mol. The first-order valence-electron chi connectivity index (χ1n) is 3.65. The number of methoxy groups -OCH3 is 1. The van der Waals surface area contributed by atoms with Crippen molar-refractivity contribution in [1.82, 2.24) is 0 Å². The molecule has 10 heavy (non-hydrogen) atoms. The molecule has 0 amide bonds. The van der Waals surface area contributed by atoms with Gasteiger partial charge in [0, 0.05) is 13.0 Å². The van der Waals surface area contributed by atoms with Crippen molar-refractivity contribution in [2.45, 2.75) is 20.3 Å². The summed E-state index contributed by atoms with van der Waals surface area (Å²) in [4.78, 5) is 3.92. The van der Waals surface area contributed by atoms with Crippen LogP contribution in [0.2, 0.25) is 0 Å². The van der Waals surface area contributed by atoms with E-state index in [1.54, 1.807) is 7.11 Å². The normalized spacial score (nSPS) is 15.7. The molecule has 0 N–H and O–H groups in total. The Balaban J connectivity index is 0.000000371. The molecule has 1 aliphatic heterocycles. The largest absolute Gasteiger partial charge is 0.454 e. The van der Waals surface area contributed by atoms with Crippen LogP contribution in [0.25, 0.3) is 0 Å². The lowest BCUT2D eigenvalue weighted by Crippen LogP contribution is -2.14. The number of rotatable bonds is 0. The minimum Gasteiger partial charge on any atom is -0.454 e. The number of nitrogens with zero attached hydrogens (tertiary/aromatic N) is 1. The first-order valence-corrected chi connectivity index (χ1v) is 3.65. The second-order valence-electron chi connectivity index (χ2n) is 1.55. The van der Waals surface area contributed by atoms with E-state index in [0.29, 0.717) is 6.08 Å². The summed E-state index contributed by atoms with van der Waals surface area (Å²) in [5, 5.41) is 0. The summed E-state index contributed by atoms with van der Waals surface area (Å²) in [7, 11) is 1.56. The molecule has 60 valence electrons. The molecule has 1 heterocycles. The van der Waals surface area contributed by atoms with Gasteiger partial charge in [-0.25, -0.2) is 4.99 Å². The van der Waals surface area contributed by atoms with Crippen LogP contribution in [-0.4, -0.2) is 26.3 Å². The third-order valence-electron chi connectivity index (χ3n) is 0.944. The van der Waals surface area contributed by atoms with Gasteiger partial charge in [-0.15, -0.1) is 0 Å². The minimum absolute atomic E-state index is 0.427. The van der Waals surface area contributed by atoms with Crippen LogP contribution in [0.5, 0.6) is 0 Å². The molecule has 1 aliphatic rings. The zero-order valence-corrected chi connectivity index (χ0v) is 6.89. The van der Waals surface area contributed by atoms with Crippen LogP contribution in [0, 0.1) is 0 Å². The highest BCUT2D eigenvalue weighted by atomic mass is 16.7. The van der Waals surface area contributed by atoms with Crippen LogP contribution in [0.4, 0.5) is 0 Å². The van der Waals surface area contributed by atoms with Crippen LogP contribution in [0.3, 0.4) is 0 Å². The lowest BCUT2D eigenvalue weighted by Gasteiger charge is -2.10. The highest BCUT2D eigenvalue weighted by molar-refractivity contribution is 5.66. The molecule has 0 aromatic rings. The van der Waals surface area contributed by atoms with E-state index in [9.17, 15) is 0 Å². The maximum atomic E-state index is 4.95. The third-order valence-corrected chi connectivity index (χ3v) is 0.944. The fourth-order valence-corrected chi connectivity index (χ4v) is 0.563. The van der Waals surface area contributed by atoms with Gasteiger partial charge in [0.25, 0.3) is 0 Å². The molecule has 0 aliphatic carbocycles. The van der Waals surface area contributed by atoms with E-state index >= 15 is 0 Å². The summed E-state index contributed by atoms with van der Waals surface area (Å²) in [5.74, 6) is 0. The SMILES string of the molecule is CC.COC1=NCCCO1. The molecule has 0 aromatic carbocycles. The molecule has 0 atom stereocenters. The van der Waals surface area contributed by atoms with Crippen LogP contribution < -0.4 is 0 Å². The Hall–Kier alpha value is -0.730. The van der Waals surface area contributed by atoms with Gasteiger partial charge < -0.3 is 9.47 Å². The molecule has 0 radical (unpaired) electrons. The van der Waals surface area contributed by atoms with E-state index in [2.05, 4.69) is 4.99 Å². The van der Waals surface area contributed by atoms with E-state index < -0.39 is 0 Å². The molecule has 0 saturated carbocycles. The van der Waals surface area contributed by atoms with Gasteiger partial charge in [-0.1, -0.05) is 13.8 Å². The quantitative estimate of drug-likeness (QED) is 0.516. The van der Waals surface area contributed by atoms with E-state index in [-0.39, 0.29) is 0 Å². The molecular weight excluding hydrogens is 130 g/mol. The topological polar surface area (TPSA) is 30.8 Å². The predicted molar refractivity (Wildman–Crippen MR) is 41.2 cm³/mol. The number of hydrogen-bond acceptors (Lipinski definition) is 3. The summed E-state index contributed by atoms with van der Waals surface area (Å²) < 4.78 is 9.67. The van der Waals surface area contributed by atoms with Gasteiger partial charge in [-0.3, -0.25) is 0 Å². The van der Waals surface area contributed by atoms with Crippen molar-refractivity contribution in [1.29, 1.82) is 0 Å². The van der Waals surface area contributed by atoms with Gasteiger partial charge in [0.15, 0.2) is 0 Å². The summed E-state index contributed by atoms with van der Waals surface area (Å²) in [6, 6.07) is 0. The molecule has 3 heteroatoms. The number of aliphatic imine (C=N–C) groups is 1. The van der Waals surface area contributed by atoms with Crippen LogP contribution in [0.1, 0.15) is 20.3 Å². The molecule has 0 saturated heterocycles. The van der Waals surface area contributed by atoms with Crippen LogP contribution in [0.15, 0.2) is 4.99 Å². The highest BCUT2D eigenvalue weighted by Crippen LogP contribution is 1.95. The van der Waals surface area contributed by atoms with Gasteiger partial charge in [0.05, 0.1) is 13.7 Å². The zero-order chi connectivity index (χ0) is 7.82. The Bertz CT molecular complexity index is 102. The smallest absolute Gasteiger partial charge is 0.383 e. The minimum atomic E-state index is 0.427. The first-order chi connectivity index (χ1) is 4.93. The molecule has 0 unspecified atom stereocenters. The van der Waals surface area contributed by atoms with E-state index in [1.165, 1.54) is 0 Å². The maximum Gasteiger partial charge on any atom is 0.383 e. The average Bonchev–Trinajstić information content (AvgIpc) is 2.10. The second-order valence-corrected chi connectivity index (χ2v) is 1.55. The first kappa shape index (κ1) is 9.27. The monoisotopic (exact) mass is 145 g/mol. The summed E-state index contributed by atoms with van der Waals surface area (Å²) >= 11 is 0. The molecule has 0 fully saturated rings. The Kier molecular flexibility index (Phi) is 5.92.